The van der Waals surface area contributed by atoms with E-state index in [0.29, 0.717) is 17.2 Å². The molecule has 2 heterocycles. The van der Waals surface area contributed by atoms with Crippen molar-refractivity contribution in [3.63, 3.8) is 0 Å². The number of fused-ring (bicyclic) bond motifs is 1. The molecule has 108 valence electrons. The molecule has 0 N–H and O–H groups in total. The number of nitrogens with zero attached hydrogens (tertiary/aromatic N) is 2. The van der Waals surface area contributed by atoms with Gasteiger partial charge in [-0.3, -0.25) is 0 Å². The molecule has 0 amide bonds. The summed E-state index contributed by atoms with van der Waals surface area (Å²) in [6.45, 7) is 0. The highest BCUT2D eigenvalue weighted by Gasteiger charge is 2.49. The van der Waals surface area contributed by atoms with Gasteiger partial charge in [-0.1, -0.05) is 18.2 Å². The molecule has 0 saturated heterocycles. The lowest BCUT2D eigenvalue weighted by Gasteiger charge is -2.06. The minimum Gasteiger partial charge on any atom is -0.480 e. The fraction of sp³-hybridized carbons (Fsp3) is 0.529. The van der Waals surface area contributed by atoms with E-state index in [2.05, 4.69) is 16.3 Å². The van der Waals surface area contributed by atoms with Crippen LogP contribution in [0.2, 0.25) is 0 Å². The molecule has 2 unspecified atom stereocenters. The van der Waals surface area contributed by atoms with Gasteiger partial charge in [0, 0.05) is 12.3 Å². The van der Waals surface area contributed by atoms with E-state index in [4.69, 9.17) is 9.15 Å². The second-order valence-electron chi connectivity index (χ2n) is 6.84. The number of ether oxygens (including phenoxy) is 1. The van der Waals surface area contributed by atoms with Crippen LogP contribution in [-0.2, 0) is 6.42 Å². The predicted octanol–water partition coefficient (Wildman–Crippen LogP) is 3.79. The minimum absolute atomic E-state index is 0.111. The summed E-state index contributed by atoms with van der Waals surface area (Å²) in [4.78, 5) is 0. The summed E-state index contributed by atoms with van der Waals surface area (Å²) in [6, 6.07) is 8.13. The van der Waals surface area contributed by atoms with Crippen LogP contribution in [0.15, 0.2) is 28.7 Å². The van der Waals surface area contributed by atoms with E-state index >= 15 is 0 Å². The third-order valence-electron chi connectivity index (χ3n) is 5.39. The van der Waals surface area contributed by atoms with Crippen molar-refractivity contribution in [2.45, 2.75) is 50.5 Å². The van der Waals surface area contributed by atoms with Crippen molar-refractivity contribution in [3.8, 4) is 5.75 Å². The van der Waals surface area contributed by atoms with Gasteiger partial charge in [0.2, 0.25) is 5.89 Å². The molecule has 1 aromatic carbocycles. The Kier molecular flexibility index (Phi) is 2.29. The smallest absolute Gasteiger partial charge is 0.257 e. The largest absolute Gasteiger partial charge is 0.480 e. The highest BCUT2D eigenvalue weighted by atomic mass is 16.5. The lowest BCUT2D eigenvalue weighted by molar-refractivity contribution is 0.193. The first-order chi connectivity index (χ1) is 10.3. The maximum Gasteiger partial charge on any atom is 0.257 e. The zero-order valence-corrected chi connectivity index (χ0v) is 11.9. The number of aromatic nitrogens is 2. The van der Waals surface area contributed by atoms with Gasteiger partial charge >= 0.3 is 0 Å². The monoisotopic (exact) mass is 282 g/mol. The van der Waals surface area contributed by atoms with E-state index in [9.17, 15) is 0 Å². The van der Waals surface area contributed by atoms with Crippen molar-refractivity contribution in [1.29, 1.82) is 0 Å². The van der Waals surface area contributed by atoms with Crippen LogP contribution in [0.25, 0.3) is 0 Å². The summed E-state index contributed by atoms with van der Waals surface area (Å²) >= 11 is 0. The van der Waals surface area contributed by atoms with Gasteiger partial charge in [-0.15, -0.1) is 10.2 Å². The summed E-state index contributed by atoms with van der Waals surface area (Å²) in [7, 11) is 0. The van der Waals surface area contributed by atoms with Gasteiger partial charge in [0.1, 0.15) is 5.75 Å². The van der Waals surface area contributed by atoms with Crippen LogP contribution >= 0.6 is 0 Å². The predicted molar refractivity (Wildman–Crippen MR) is 76.1 cm³/mol. The Hall–Kier alpha value is -1.84. The fourth-order valence-corrected chi connectivity index (χ4v) is 3.91. The van der Waals surface area contributed by atoms with Crippen LogP contribution < -0.4 is 4.74 Å². The Morgan fingerprint density at radius 1 is 1.05 bits per heavy atom. The van der Waals surface area contributed by atoms with Crippen LogP contribution in [0.1, 0.15) is 61.5 Å². The zero-order valence-electron chi connectivity index (χ0n) is 11.9. The standard InChI is InChI=1S/C17H18N2O2/c1-2-4-13-11(3-1)9-14(20-13)16-19-18-15(21-16)12-5-6-17(10-12)7-8-17/h1-4,12,14H,5-10H2. The molecule has 2 aliphatic carbocycles. The average molecular weight is 282 g/mol. The van der Waals surface area contributed by atoms with Crippen LogP contribution in [0.3, 0.4) is 0 Å². The van der Waals surface area contributed by atoms with E-state index < -0.39 is 0 Å². The lowest BCUT2D eigenvalue weighted by atomic mass is 10.0. The van der Waals surface area contributed by atoms with Crippen molar-refractivity contribution in [2.24, 2.45) is 5.41 Å². The van der Waals surface area contributed by atoms with Crippen molar-refractivity contribution in [3.05, 3.63) is 41.6 Å². The molecule has 1 aliphatic heterocycles. The van der Waals surface area contributed by atoms with Crippen molar-refractivity contribution in [2.75, 3.05) is 0 Å². The van der Waals surface area contributed by atoms with Crippen LogP contribution in [0.4, 0.5) is 0 Å². The van der Waals surface area contributed by atoms with Gasteiger partial charge in [0.05, 0.1) is 0 Å². The highest BCUT2D eigenvalue weighted by Crippen LogP contribution is 2.61. The van der Waals surface area contributed by atoms with E-state index in [1.54, 1.807) is 0 Å². The topological polar surface area (TPSA) is 48.2 Å². The summed E-state index contributed by atoms with van der Waals surface area (Å²) < 4.78 is 11.9. The second kappa shape index (κ2) is 4.09. The van der Waals surface area contributed by atoms with Crippen LogP contribution in [0, 0.1) is 5.41 Å². The maximum absolute atomic E-state index is 5.96. The van der Waals surface area contributed by atoms with Crippen molar-refractivity contribution >= 4 is 0 Å². The Morgan fingerprint density at radius 2 is 1.90 bits per heavy atom. The van der Waals surface area contributed by atoms with Gasteiger partial charge in [0.15, 0.2) is 6.10 Å². The van der Waals surface area contributed by atoms with E-state index in [1.807, 2.05) is 18.2 Å². The first-order valence-electron chi connectivity index (χ1n) is 7.89. The summed E-state index contributed by atoms with van der Waals surface area (Å²) in [5, 5.41) is 8.55. The number of hydrogen-bond donors (Lipinski definition) is 0. The van der Waals surface area contributed by atoms with Crippen molar-refractivity contribution in [1.82, 2.24) is 10.2 Å². The Balaban J connectivity index is 1.35. The minimum atomic E-state index is -0.111. The SMILES string of the molecule is c1ccc2c(c1)CC(c1nnc(C3CCC4(CC4)C3)o1)O2. The molecule has 5 rings (SSSR count). The highest BCUT2D eigenvalue weighted by molar-refractivity contribution is 5.37. The zero-order chi connectivity index (χ0) is 13.9. The molecule has 2 atom stereocenters. The van der Waals surface area contributed by atoms with Crippen LogP contribution in [0.5, 0.6) is 5.75 Å². The van der Waals surface area contributed by atoms with Gasteiger partial charge in [-0.05, 0) is 49.1 Å². The molecule has 21 heavy (non-hydrogen) atoms. The normalized spacial score (nSPS) is 28.6. The number of para-hydroxylation sites is 1. The fourth-order valence-electron chi connectivity index (χ4n) is 3.91. The third kappa shape index (κ3) is 1.88. The molecular weight excluding hydrogens is 264 g/mol. The molecule has 4 heteroatoms. The van der Waals surface area contributed by atoms with E-state index in [-0.39, 0.29) is 6.10 Å². The molecule has 3 aliphatic rings. The first-order valence-corrected chi connectivity index (χ1v) is 7.89. The third-order valence-corrected chi connectivity index (χ3v) is 5.39. The van der Waals surface area contributed by atoms with Gasteiger partial charge in [0.25, 0.3) is 5.89 Å². The van der Waals surface area contributed by atoms with Gasteiger partial charge < -0.3 is 9.15 Å². The second-order valence-corrected chi connectivity index (χ2v) is 6.84. The number of hydrogen-bond acceptors (Lipinski definition) is 4. The maximum atomic E-state index is 5.96. The number of benzene rings is 1. The number of rotatable bonds is 2. The molecule has 1 spiro atoms. The molecule has 0 bridgehead atoms. The van der Waals surface area contributed by atoms with Gasteiger partial charge in [-0.2, -0.15) is 0 Å². The van der Waals surface area contributed by atoms with Gasteiger partial charge in [-0.25, -0.2) is 0 Å². The molecular formula is C17H18N2O2. The molecule has 1 aromatic heterocycles. The Bertz CT molecular complexity index is 665. The molecule has 2 aromatic rings. The summed E-state index contributed by atoms with van der Waals surface area (Å²) in [6.07, 6.45) is 7.28. The van der Waals surface area contributed by atoms with E-state index in [0.717, 1.165) is 18.1 Å². The summed E-state index contributed by atoms with van der Waals surface area (Å²) in [5.74, 6) is 2.88. The molecule has 2 saturated carbocycles. The Labute approximate surface area is 123 Å². The first kappa shape index (κ1) is 11.8. The molecule has 2 fully saturated rings. The van der Waals surface area contributed by atoms with Crippen molar-refractivity contribution < 1.29 is 9.15 Å². The van der Waals surface area contributed by atoms with E-state index in [1.165, 1.54) is 37.7 Å². The quantitative estimate of drug-likeness (QED) is 0.840. The summed E-state index contributed by atoms with van der Waals surface area (Å²) in [5.41, 5.74) is 1.86. The average Bonchev–Trinajstić information content (AvgIpc) is 2.91. The molecule has 4 nitrogen and oxygen atoms in total. The lowest BCUT2D eigenvalue weighted by Crippen LogP contribution is -2.03. The molecule has 0 radical (unpaired) electrons. The Morgan fingerprint density at radius 3 is 2.71 bits per heavy atom. The van der Waals surface area contributed by atoms with Crippen LogP contribution in [-0.4, -0.2) is 10.2 Å².